The molecule has 0 aliphatic heterocycles. The fraction of sp³-hybridized carbons (Fsp3) is 0.467. The lowest BCUT2D eigenvalue weighted by molar-refractivity contribution is 0.0300. The fourth-order valence-electron chi connectivity index (χ4n) is 1.47. The molecule has 1 aromatic heterocycles. The molecule has 0 saturated heterocycles. The highest BCUT2D eigenvalue weighted by molar-refractivity contribution is 7.83. The van der Waals surface area contributed by atoms with E-state index in [2.05, 4.69) is 17.6 Å². The number of thiol groups is 1. The Morgan fingerprint density at radius 1 is 1.48 bits per heavy atom. The Bertz CT molecular complexity index is 578. The van der Waals surface area contributed by atoms with E-state index in [1.807, 2.05) is 38.3 Å². The highest BCUT2D eigenvalue weighted by atomic mass is 35.5. The first-order valence-corrected chi connectivity index (χ1v) is 8.70. The monoisotopic (exact) mass is 375 g/mol. The largest absolute Gasteiger partial charge is 0.443 e. The molecule has 0 aromatic carbocycles. The van der Waals surface area contributed by atoms with Crippen LogP contribution in [0.5, 0.6) is 0 Å². The second-order valence-electron chi connectivity index (χ2n) is 5.91. The minimum Gasteiger partial charge on any atom is -0.443 e. The fourth-order valence-corrected chi connectivity index (χ4v) is 2.44. The zero-order chi connectivity index (χ0) is 17.6. The number of hydrogen-bond donors (Lipinski definition) is 1. The standard InChI is InChI=1S/C15H22ClN3O2S2/c1-15(2,3)21-14(20)19(9-11-7-6-8-23-11)12(10-22)17-13(16)18(4)5/h6-8,10,22H,9H2,1-5H3/b12-10-,17-13?. The van der Waals surface area contributed by atoms with Gasteiger partial charge in [-0.3, -0.25) is 4.90 Å². The summed E-state index contributed by atoms with van der Waals surface area (Å²) in [7, 11) is 3.53. The number of carbonyl (C=O) groups is 1. The lowest BCUT2D eigenvalue weighted by atomic mass is 10.2. The van der Waals surface area contributed by atoms with E-state index in [0.29, 0.717) is 12.4 Å². The van der Waals surface area contributed by atoms with Crippen molar-refractivity contribution in [3.63, 3.8) is 0 Å². The topological polar surface area (TPSA) is 45.1 Å². The van der Waals surface area contributed by atoms with Crippen LogP contribution in [0.25, 0.3) is 0 Å². The third-order valence-electron chi connectivity index (χ3n) is 2.48. The van der Waals surface area contributed by atoms with Crippen LogP contribution in [0.4, 0.5) is 4.79 Å². The predicted molar refractivity (Wildman–Crippen MR) is 100 cm³/mol. The van der Waals surface area contributed by atoms with Crippen molar-refractivity contribution in [2.24, 2.45) is 4.99 Å². The van der Waals surface area contributed by atoms with E-state index in [1.54, 1.807) is 30.3 Å². The molecule has 0 spiro atoms. The van der Waals surface area contributed by atoms with Crippen molar-refractivity contribution < 1.29 is 9.53 Å². The van der Waals surface area contributed by atoms with Crippen LogP contribution in [0, 0.1) is 0 Å². The molecule has 128 valence electrons. The third-order valence-corrected chi connectivity index (χ3v) is 3.99. The minimum atomic E-state index is -0.610. The van der Waals surface area contributed by atoms with Gasteiger partial charge in [-0.2, -0.15) is 0 Å². The smallest absolute Gasteiger partial charge is 0.416 e. The number of carbonyl (C=O) groups excluding carboxylic acids is 1. The minimum absolute atomic E-state index is 0.241. The van der Waals surface area contributed by atoms with E-state index >= 15 is 0 Å². The molecule has 0 fully saturated rings. The van der Waals surface area contributed by atoms with Crippen molar-refractivity contribution in [1.82, 2.24) is 9.80 Å². The number of amides is 1. The number of amidine groups is 1. The summed E-state index contributed by atoms with van der Waals surface area (Å²) in [4.78, 5) is 20.8. The second kappa shape index (κ2) is 8.61. The predicted octanol–water partition coefficient (Wildman–Crippen LogP) is 4.37. The number of rotatable bonds is 4. The maximum absolute atomic E-state index is 12.5. The normalized spacial score (nSPS) is 13.0. The van der Waals surface area contributed by atoms with Gasteiger partial charge in [0.1, 0.15) is 11.4 Å². The van der Waals surface area contributed by atoms with Crippen molar-refractivity contribution in [3.8, 4) is 0 Å². The number of halogens is 1. The quantitative estimate of drug-likeness (QED) is 0.368. The maximum atomic E-state index is 12.5. The molecular weight excluding hydrogens is 354 g/mol. The van der Waals surface area contributed by atoms with Crippen LogP contribution in [-0.2, 0) is 11.3 Å². The van der Waals surface area contributed by atoms with Gasteiger partial charge in [0, 0.05) is 24.4 Å². The lowest BCUT2D eigenvalue weighted by Gasteiger charge is -2.27. The lowest BCUT2D eigenvalue weighted by Crippen LogP contribution is -2.35. The highest BCUT2D eigenvalue weighted by Gasteiger charge is 2.25. The van der Waals surface area contributed by atoms with Gasteiger partial charge in [0.25, 0.3) is 0 Å². The third kappa shape index (κ3) is 6.85. The molecule has 0 unspecified atom stereocenters. The van der Waals surface area contributed by atoms with Gasteiger partial charge in [0.15, 0.2) is 5.29 Å². The Morgan fingerprint density at radius 2 is 2.13 bits per heavy atom. The van der Waals surface area contributed by atoms with E-state index in [4.69, 9.17) is 16.3 Å². The summed E-state index contributed by atoms with van der Waals surface area (Å²) < 4.78 is 5.46. The van der Waals surface area contributed by atoms with Gasteiger partial charge in [0.05, 0.1) is 6.54 Å². The number of nitrogens with zero attached hydrogens (tertiary/aromatic N) is 3. The molecule has 0 aliphatic carbocycles. The summed E-state index contributed by atoms with van der Waals surface area (Å²) in [6, 6.07) is 3.86. The summed E-state index contributed by atoms with van der Waals surface area (Å²) in [5.41, 5.74) is -0.610. The van der Waals surface area contributed by atoms with Gasteiger partial charge in [-0.25, -0.2) is 9.79 Å². The Kier molecular flexibility index (Phi) is 7.44. The molecule has 5 nitrogen and oxygen atoms in total. The summed E-state index contributed by atoms with van der Waals surface area (Å²) in [5, 5.41) is 3.62. The molecule has 1 amide bonds. The first kappa shape index (κ1) is 19.9. The Balaban J connectivity index is 3.11. The zero-order valence-corrected chi connectivity index (χ0v) is 16.4. The van der Waals surface area contributed by atoms with Crippen molar-refractivity contribution in [2.75, 3.05) is 14.1 Å². The molecule has 0 aliphatic rings. The summed E-state index contributed by atoms with van der Waals surface area (Å²) in [5.74, 6) is 0.315. The summed E-state index contributed by atoms with van der Waals surface area (Å²) in [6.45, 7) is 5.77. The van der Waals surface area contributed by atoms with Crippen molar-refractivity contribution >= 4 is 47.0 Å². The van der Waals surface area contributed by atoms with Crippen molar-refractivity contribution in [3.05, 3.63) is 33.6 Å². The van der Waals surface area contributed by atoms with Crippen molar-refractivity contribution in [1.29, 1.82) is 0 Å². The molecule has 1 aromatic rings. The molecule has 0 radical (unpaired) electrons. The van der Waals surface area contributed by atoms with E-state index in [9.17, 15) is 4.79 Å². The molecule has 0 bridgehead atoms. The number of hydrogen-bond acceptors (Lipinski definition) is 5. The molecule has 0 N–H and O–H groups in total. The second-order valence-corrected chi connectivity index (χ2v) is 7.54. The maximum Gasteiger partial charge on any atom is 0.416 e. The van der Waals surface area contributed by atoms with Crippen molar-refractivity contribution in [2.45, 2.75) is 32.9 Å². The van der Waals surface area contributed by atoms with Crippen LogP contribution in [0.2, 0.25) is 0 Å². The molecule has 0 saturated carbocycles. The number of thiophene rings is 1. The van der Waals surface area contributed by atoms with Gasteiger partial charge in [-0.1, -0.05) is 6.07 Å². The Hall–Kier alpha value is -1.18. The first-order chi connectivity index (χ1) is 10.6. The van der Waals surface area contributed by atoms with Crippen LogP contribution < -0.4 is 0 Å². The molecule has 0 atom stereocenters. The first-order valence-electron chi connectivity index (χ1n) is 6.93. The molecule has 1 heterocycles. The van der Waals surface area contributed by atoms with E-state index in [0.717, 1.165) is 4.88 Å². The van der Waals surface area contributed by atoms with Crippen LogP contribution in [0.1, 0.15) is 25.6 Å². The van der Waals surface area contributed by atoms with Gasteiger partial charge in [-0.05, 0) is 43.8 Å². The molecular formula is C15H22ClN3O2S2. The Labute approximate surface area is 152 Å². The van der Waals surface area contributed by atoms with Gasteiger partial charge in [0.2, 0.25) is 0 Å². The van der Waals surface area contributed by atoms with Crippen LogP contribution in [0.3, 0.4) is 0 Å². The van der Waals surface area contributed by atoms with Gasteiger partial charge >= 0.3 is 6.09 Å². The van der Waals surface area contributed by atoms with Crippen LogP contribution in [-0.4, -0.2) is 40.9 Å². The number of ether oxygens (including phenoxy) is 1. The molecule has 1 rings (SSSR count). The van der Waals surface area contributed by atoms with Gasteiger partial charge in [-0.15, -0.1) is 24.0 Å². The van der Waals surface area contributed by atoms with Crippen LogP contribution >= 0.6 is 35.6 Å². The van der Waals surface area contributed by atoms with Crippen LogP contribution in [0.15, 0.2) is 33.7 Å². The number of aliphatic imine (C=N–C) groups is 1. The molecule has 8 heteroatoms. The summed E-state index contributed by atoms with van der Waals surface area (Å²) in [6.07, 6.45) is -0.502. The average Bonchev–Trinajstić information content (AvgIpc) is 2.93. The SMILES string of the molecule is CN(C)C(Cl)=N/C(=C/S)N(Cc1cccs1)C(=O)OC(C)(C)C. The molecule has 23 heavy (non-hydrogen) atoms. The summed E-state index contributed by atoms with van der Waals surface area (Å²) >= 11 is 11.8. The zero-order valence-electron chi connectivity index (χ0n) is 13.9. The van der Waals surface area contributed by atoms with Gasteiger partial charge < -0.3 is 9.64 Å². The van der Waals surface area contributed by atoms with E-state index < -0.39 is 11.7 Å². The Morgan fingerprint density at radius 3 is 2.57 bits per heavy atom. The highest BCUT2D eigenvalue weighted by Crippen LogP contribution is 2.21. The van der Waals surface area contributed by atoms with E-state index in [-0.39, 0.29) is 5.29 Å². The van der Waals surface area contributed by atoms with E-state index in [1.165, 1.54) is 10.3 Å². The average molecular weight is 376 g/mol.